The fraction of sp³-hybridized carbons (Fsp3) is 0.533. The summed E-state index contributed by atoms with van der Waals surface area (Å²) in [5, 5.41) is 2.78. The first-order valence-electron chi connectivity index (χ1n) is 6.95. The minimum absolute atomic E-state index is 0.0707. The van der Waals surface area contributed by atoms with Crippen molar-refractivity contribution in [3.63, 3.8) is 0 Å². The van der Waals surface area contributed by atoms with Crippen molar-refractivity contribution in [1.29, 1.82) is 0 Å². The van der Waals surface area contributed by atoms with Gasteiger partial charge in [0.25, 0.3) is 5.91 Å². The van der Waals surface area contributed by atoms with Gasteiger partial charge < -0.3 is 16.0 Å². The van der Waals surface area contributed by atoms with Crippen LogP contribution in [-0.2, 0) is 0 Å². The molecule has 3 N–H and O–H groups in total. The van der Waals surface area contributed by atoms with E-state index in [1.807, 2.05) is 19.1 Å². The molecule has 4 heteroatoms. The standard InChI is InChI=1S/C15H23N3O/c1-4-17-15(19)12-7-8-14(13(16)9-12)18(3)10(2)11-5-6-11/h7-11H,4-6,16H2,1-3H3,(H,17,19). The average molecular weight is 261 g/mol. The lowest BCUT2D eigenvalue weighted by Gasteiger charge is -2.28. The Kier molecular flexibility index (Phi) is 3.98. The fourth-order valence-corrected chi connectivity index (χ4v) is 2.39. The Morgan fingerprint density at radius 2 is 2.21 bits per heavy atom. The van der Waals surface area contributed by atoms with Crippen LogP contribution in [0.5, 0.6) is 0 Å². The van der Waals surface area contributed by atoms with E-state index in [4.69, 9.17) is 5.73 Å². The van der Waals surface area contributed by atoms with Crippen LogP contribution in [0.3, 0.4) is 0 Å². The van der Waals surface area contributed by atoms with E-state index in [1.165, 1.54) is 12.8 Å². The summed E-state index contributed by atoms with van der Waals surface area (Å²) in [7, 11) is 2.07. The maximum absolute atomic E-state index is 11.7. The summed E-state index contributed by atoms with van der Waals surface area (Å²) in [6.07, 6.45) is 2.62. The molecule has 19 heavy (non-hydrogen) atoms. The first-order chi connectivity index (χ1) is 9.04. The number of nitrogens with two attached hydrogens (primary N) is 1. The molecule has 4 nitrogen and oxygen atoms in total. The van der Waals surface area contributed by atoms with Gasteiger partial charge in [0.2, 0.25) is 0 Å². The van der Waals surface area contributed by atoms with Crippen LogP contribution < -0.4 is 16.0 Å². The second-order valence-corrected chi connectivity index (χ2v) is 5.32. The molecule has 0 heterocycles. The molecule has 0 radical (unpaired) electrons. The van der Waals surface area contributed by atoms with Gasteiger partial charge in [0.1, 0.15) is 0 Å². The molecule has 2 rings (SSSR count). The lowest BCUT2D eigenvalue weighted by Crippen LogP contribution is -2.31. The predicted molar refractivity (Wildman–Crippen MR) is 79.5 cm³/mol. The number of carbonyl (C=O) groups excluding carboxylic acids is 1. The third kappa shape index (κ3) is 3.00. The zero-order valence-electron chi connectivity index (χ0n) is 11.9. The molecule has 1 atom stereocenters. The number of rotatable bonds is 5. The Bertz CT molecular complexity index is 468. The van der Waals surface area contributed by atoms with Crippen LogP contribution in [0.15, 0.2) is 18.2 Å². The van der Waals surface area contributed by atoms with Gasteiger partial charge in [-0.3, -0.25) is 4.79 Å². The van der Waals surface area contributed by atoms with Crippen molar-refractivity contribution < 1.29 is 4.79 Å². The van der Waals surface area contributed by atoms with Gasteiger partial charge in [-0.15, -0.1) is 0 Å². The Morgan fingerprint density at radius 1 is 1.53 bits per heavy atom. The van der Waals surface area contributed by atoms with E-state index in [1.54, 1.807) is 6.07 Å². The second-order valence-electron chi connectivity index (χ2n) is 5.32. The molecule has 1 aliphatic rings. The smallest absolute Gasteiger partial charge is 0.251 e. The molecule has 0 aliphatic heterocycles. The summed E-state index contributed by atoms with van der Waals surface area (Å²) >= 11 is 0. The van der Waals surface area contributed by atoms with Crippen molar-refractivity contribution in [3.8, 4) is 0 Å². The quantitative estimate of drug-likeness (QED) is 0.799. The van der Waals surface area contributed by atoms with Gasteiger partial charge in [-0.1, -0.05) is 0 Å². The highest BCUT2D eigenvalue weighted by atomic mass is 16.1. The van der Waals surface area contributed by atoms with Gasteiger partial charge in [0.05, 0.1) is 11.4 Å². The lowest BCUT2D eigenvalue weighted by atomic mass is 10.1. The number of nitrogens with zero attached hydrogens (tertiary/aromatic N) is 1. The molecule has 0 aromatic heterocycles. The number of carbonyl (C=O) groups is 1. The van der Waals surface area contributed by atoms with Crippen LogP contribution in [-0.4, -0.2) is 25.5 Å². The zero-order chi connectivity index (χ0) is 14.0. The molecule has 0 spiro atoms. The van der Waals surface area contributed by atoms with E-state index in [0.29, 0.717) is 23.8 Å². The van der Waals surface area contributed by atoms with Gasteiger partial charge in [-0.05, 0) is 50.8 Å². The molecule has 1 amide bonds. The largest absolute Gasteiger partial charge is 0.397 e. The van der Waals surface area contributed by atoms with Crippen LogP contribution in [0.4, 0.5) is 11.4 Å². The van der Waals surface area contributed by atoms with E-state index in [2.05, 4.69) is 24.2 Å². The van der Waals surface area contributed by atoms with E-state index < -0.39 is 0 Å². The monoisotopic (exact) mass is 261 g/mol. The predicted octanol–water partition coefficient (Wildman–Crippen LogP) is 2.25. The molecule has 104 valence electrons. The third-order valence-corrected chi connectivity index (χ3v) is 3.92. The molecule has 1 unspecified atom stereocenters. The van der Waals surface area contributed by atoms with Crippen LogP contribution in [0, 0.1) is 5.92 Å². The molecule has 1 fully saturated rings. The lowest BCUT2D eigenvalue weighted by molar-refractivity contribution is 0.0956. The minimum atomic E-state index is -0.0707. The molecule has 1 aliphatic carbocycles. The number of nitrogen functional groups attached to an aromatic ring is 1. The highest BCUT2D eigenvalue weighted by Gasteiger charge is 2.31. The first kappa shape index (κ1) is 13.7. The van der Waals surface area contributed by atoms with Crippen molar-refractivity contribution in [2.45, 2.75) is 32.7 Å². The molecule has 1 aromatic carbocycles. The fourth-order valence-electron chi connectivity index (χ4n) is 2.39. The number of hydrogen-bond acceptors (Lipinski definition) is 3. The van der Waals surface area contributed by atoms with Crippen LogP contribution in [0.25, 0.3) is 0 Å². The van der Waals surface area contributed by atoms with E-state index in [9.17, 15) is 4.79 Å². The minimum Gasteiger partial charge on any atom is -0.397 e. The summed E-state index contributed by atoms with van der Waals surface area (Å²) in [4.78, 5) is 14.0. The van der Waals surface area contributed by atoms with Crippen LogP contribution in [0.1, 0.15) is 37.0 Å². The average Bonchev–Trinajstić information content (AvgIpc) is 3.21. The highest BCUT2D eigenvalue weighted by Crippen LogP contribution is 2.37. The first-order valence-corrected chi connectivity index (χ1v) is 6.95. The van der Waals surface area contributed by atoms with Crippen LogP contribution >= 0.6 is 0 Å². The van der Waals surface area contributed by atoms with E-state index >= 15 is 0 Å². The number of hydrogen-bond donors (Lipinski definition) is 2. The van der Waals surface area contributed by atoms with Crippen molar-refractivity contribution in [3.05, 3.63) is 23.8 Å². The number of benzene rings is 1. The summed E-state index contributed by atoms with van der Waals surface area (Å²) in [5.41, 5.74) is 8.39. The van der Waals surface area contributed by atoms with Gasteiger partial charge in [0, 0.05) is 25.2 Å². The molecular weight excluding hydrogens is 238 g/mol. The Labute approximate surface area is 115 Å². The molecule has 1 aromatic rings. The van der Waals surface area contributed by atoms with Gasteiger partial charge >= 0.3 is 0 Å². The maximum atomic E-state index is 11.7. The molecular formula is C15H23N3O. The number of anilines is 2. The summed E-state index contributed by atoms with van der Waals surface area (Å²) in [6, 6.07) is 6.04. The molecule has 0 saturated heterocycles. The van der Waals surface area contributed by atoms with Gasteiger partial charge in [-0.2, -0.15) is 0 Å². The number of amides is 1. The van der Waals surface area contributed by atoms with Gasteiger partial charge in [0.15, 0.2) is 0 Å². The van der Waals surface area contributed by atoms with E-state index in [-0.39, 0.29) is 5.91 Å². The Balaban J connectivity index is 2.16. The zero-order valence-corrected chi connectivity index (χ0v) is 11.9. The normalized spacial score (nSPS) is 15.9. The van der Waals surface area contributed by atoms with Crippen molar-refractivity contribution in [2.24, 2.45) is 5.92 Å². The SMILES string of the molecule is CCNC(=O)c1ccc(N(C)C(C)C2CC2)c(N)c1. The Hall–Kier alpha value is -1.71. The second kappa shape index (κ2) is 5.51. The Morgan fingerprint density at radius 3 is 2.74 bits per heavy atom. The highest BCUT2D eigenvalue weighted by molar-refractivity contribution is 5.96. The van der Waals surface area contributed by atoms with Crippen molar-refractivity contribution in [1.82, 2.24) is 5.32 Å². The summed E-state index contributed by atoms with van der Waals surface area (Å²) in [5.74, 6) is 0.714. The summed E-state index contributed by atoms with van der Waals surface area (Å²) < 4.78 is 0. The molecule has 1 saturated carbocycles. The van der Waals surface area contributed by atoms with Crippen molar-refractivity contribution >= 4 is 17.3 Å². The number of nitrogens with one attached hydrogen (secondary N) is 1. The molecule has 0 bridgehead atoms. The van der Waals surface area contributed by atoms with Gasteiger partial charge in [-0.25, -0.2) is 0 Å². The van der Waals surface area contributed by atoms with Crippen molar-refractivity contribution in [2.75, 3.05) is 24.2 Å². The third-order valence-electron chi connectivity index (χ3n) is 3.92. The maximum Gasteiger partial charge on any atom is 0.251 e. The topological polar surface area (TPSA) is 58.4 Å². The van der Waals surface area contributed by atoms with E-state index in [0.717, 1.165) is 11.6 Å². The summed E-state index contributed by atoms with van der Waals surface area (Å²) in [6.45, 7) is 4.76. The van der Waals surface area contributed by atoms with Crippen LogP contribution in [0.2, 0.25) is 0 Å².